The maximum atomic E-state index is 12.3. The Balaban J connectivity index is 1.85. The van der Waals surface area contributed by atoms with E-state index in [1.807, 2.05) is 30.3 Å². The van der Waals surface area contributed by atoms with Gasteiger partial charge in [-0.2, -0.15) is 5.10 Å². The Hall–Kier alpha value is -3.68. The molecule has 8 heteroatoms. The van der Waals surface area contributed by atoms with Crippen LogP contribution in [-0.4, -0.2) is 37.6 Å². The standard InChI is InChI=1S/C21H23N3O5/c1-13-18(22-21(25)29-12-14-8-6-5-7-9-14)19(24-23-13)15-10-16(26-2)20(28-4)17(11-15)27-3/h5-11H,12H2,1-4H3,(H,22,25)(H,23,24). The number of methoxy groups -OCH3 is 3. The van der Waals surface area contributed by atoms with E-state index < -0.39 is 6.09 Å². The number of aromatic nitrogens is 2. The van der Waals surface area contributed by atoms with Gasteiger partial charge in [0.15, 0.2) is 11.5 Å². The second-order valence-corrected chi connectivity index (χ2v) is 6.17. The molecule has 29 heavy (non-hydrogen) atoms. The zero-order valence-electron chi connectivity index (χ0n) is 16.7. The van der Waals surface area contributed by atoms with Crippen LogP contribution in [0.1, 0.15) is 11.3 Å². The fourth-order valence-corrected chi connectivity index (χ4v) is 2.87. The molecule has 8 nitrogen and oxygen atoms in total. The molecule has 0 fully saturated rings. The number of H-pyrrole nitrogens is 1. The monoisotopic (exact) mass is 397 g/mol. The maximum Gasteiger partial charge on any atom is 0.412 e. The molecule has 3 rings (SSSR count). The summed E-state index contributed by atoms with van der Waals surface area (Å²) in [6.45, 7) is 1.98. The van der Waals surface area contributed by atoms with Crippen molar-refractivity contribution in [3.63, 3.8) is 0 Å². The van der Waals surface area contributed by atoms with Crippen molar-refractivity contribution in [1.29, 1.82) is 0 Å². The first-order chi connectivity index (χ1) is 14.1. The number of carbonyl (C=O) groups excluding carboxylic acids is 1. The van der Waals surface area contributed by atoms with Gasteiger partial charge in [0.1, 0.15) is 12.3 Å². The van der Waals surface area contributed by atoms with Crippen LogP contribution in [-0.2, 0) is 11.3 Å². The van der Waals surface area contributed by atoms with Gasteiger partial charge in [0.25, 0.3) is 0 Å². The lowest BCUT2D eigenvalue weighted by Gasteiger charge is -2.14. The number of rotatable bonds is 7. The van der Waals surface area contributed by atoms with E-state index in [1.165, 1.54) is 21.3 Å². The molecule has 0 bridgehead atoms. The molecule has 152 valence electrons. The predicted molar refractivity (Wildman–Crippen MR) is 109 cm³/mol. The first-order valence-corrected chi connectivity index (χ1v) is 8.90. The van der Waals surface area contributed by atoms with Gasteiger partial charge in [0, 0.05) is 5.56 Å². The topological polar surface area (TPSA) is 94.7 Å². The number of carbonyl (C=O) groups is 1. The van der Waals surface area contributed by atoms with Crippen molar-refractivity contribution in [2.45, 2.75) is 13.5 Å². The van der Waals surface area contributed by atoms with Gasteiger partial charge in [-0.05, 0) is 24.6 Å². The van der Waals surface area contributed by atoms with E-state index in [0.29, 0.717) is 39.9 Å². The summed E-state index contributed by atoms with van der Waals surface area (Å²) in [4.78, 5) is 12.3. The molecule has 0 atom stereocenters. The van der Waals surface area contributed by atoms with Crippen molar-refractivity contribution in [2.24, 2.45) is 0 Å². The van der Waals surface area contributed by atoms with E-state index >= 15 is 0 Å². The van der Waals surface area contributed by atoms with E-state index in [0.717, 1.165) is 5.56 Å². The van der Waals surface area contributed by atoms with Crippen molar-refractivity contribution in [3.05, 3.63) is 53.7 Å². The van der Waals surface area contributed by atoms with Crippen LogP contribution < -0.4 is 19.5 Å². The molecule has 3 aromatic rings. The number of aromatic amines is 1. The minimum Gasteiger partial charge on any atom is -0.493 e. The number of hydrogen-bond acceptors (Lipinski definition) is 6. The average molecular weight is 397 g/mol. The molecule has 0 aliphatic heterocycles. The van der Waals surface area contributed by atoms with Crippen molar-refractivity contribution in [2.75, 3.05) is 26.6 Å². The zero-order valence-corrected chi connectivity index (χ0v) is 16.7. The number of aryl methyl sites for hydroxylation is 1. The van der Waals surface area contributed by atoms with Crippen molar-refractivity contribution in [3.8, 4) is 28.5 Å². The summed E-state index contributed by atoms with van der Waals surface area (Å²) in [7, 11) is 4.61. The first kappa shape index (κ1) is 20.1. The van der Waals surface area contributed by atoms with Gasteiger partial charge in [-0.1, -0.05) is 30.3 Å². The Morgan fingerprint density at radius 3 is 2.28 bits per heavy atom. The van der Waals surface area contributed by atoms with Crippen LogP contribution in [0.3, 0.4) is 0 Å². The quantitative estimate of drug-likeness (QED) is 0.622. The molecule has 0 saturated heterocycles. The third-order valence-corrected chi connectivity index (χ3v) is 4.33. The second-order valence-electron chi connectivity index (χ2n) is 6.17. The first-order valence-electron chi connectivity index (χ1n) is 8.90. The molecule has 0 saturated carbocycles. The highest BCUT2D eigenvalue weighted by atomic mass is 16.5. The molecular formula is C21H23N3O5. The molecular weight excluding hydrogens is 374 g/mol. The Morgan fingerprint density at radius 2 is 1.69 bits per heavy atom. The molecule has 0 radical (unpaired) electrons. The number of nitrogens with one attached hydrogen (secondary N) is 2. The van der Waals surface area contributed by atoms with Crippen molar-refractivity contribution >= 4 is 11.8 Å². The molecule has 2 aromatic carbocycles. The number of benzene rings is 2. The highest BCUT2D eigenvalue weighted by molar-refractivity contribution is 5.91. The summed E-state index contributed by atoms with van der Waals surface area (Å²) in [6.07, 6.45) is -0.577. The third-order valence-electron chi connectivity index (χ3n) is 4.33. The van der Waals surface area contributed by atoms with E-state index in [-0.39, 0.29) is 6.61 Å². The summed E-state index contributed by atoms with van der Waals surface area (Å²) in [6, 6.07) is 13.0. The minimum atomic E-state index is -0.577. The van der Waals surface area contributed by atoms with Gasteiger partial charge in [0.05, 0.1) is 32.7 Å². The fraction of sp³-hybridized carbons (Fsp3) is 0.238. The fourth-order valence-electron chi connectivity index (χ4n) is 2.87. The number of amides is 1. The van der Waals surface area contributed by atoms with Crippen LogP contribution in [0.4, 0.5) is 10.5 Å². The lowest BCUT2D eigenvalue weighted by atomic mass is 10.1. The molecule has 0 unspecified atom stereocenters. The summed E-state index contributed by atoms with van der Waals surface area (Å²) in [5, 5.41) is 9.97. The Kier molecular flexibility index (Phi) is 6.23. The van der Waals surface area contributed by atoms with Gasteiger partial charge >= 0.3 is 6.09 Å². The van der Waals surface area contributed by atoms with Gasteiger partial charge in [0.2, 0.25) is 5.75 Å². The van der Waals surface area contributed by atoms with E-state index in [2.05, 4.69) is 15.5 Å². The summed E-state index contributed by atoms with van der Waals surface area (Å²) in [5.74, 6) is 1.45. The normalized spacial score (nSPS) is 10.3. The summed E-state index contributed by atoms with van der Waals surface area (Å²) < 4.78 is 21.5. The molecule has 0 aliphatic rings. The lowest BCUT2D eigenvalue weighted by molar-refractivity contribution is 0.155. The van der Waals surface area contributed by atoms with Gasteiger partial charge < -0.3 is 18.9 Å². The largest absolute Gasteiger partial charge is 0.493 e. The number of hydrogen-bond donors (Lipinski definition) is 2. The summed E-state index contributed by atoms with van der Waals surface area (Å²) in [5.41, 5.74) is 3.31. The SMILES string of the molecule is COc1cc(-c2n[nH]c(C)c2NC(=O)OCc2ccccc2)cc(OC)c1OC. The number of nitrogens with zero attached hydrogens (tertiary/aromatic N) is 1. The van der Waals surface area contributed by atoms with Crippen LogP contribution in [0.25, 0.3) is 11.3 Å². The van der Waals surface area contributed by atoms with Crippen LogP contribution in [0, 0.1) is 6.92 Å². The number of anilines is 1. The smallest absolute Gasteiger partial charge is 0.412 e. The van der Waals surface area contributed by atoms with Crippen molar-refractivity contribution in [1.82, 2.24) is 10.2 Å². The number of ether oxygens (including phenoxy) is 4. The molecule has 2 N–H and O–H groups in total. The highest BCUT2D eigenvalue weighted by Crippen LogP contribution is 2.42. The molecule has 0 aliphatic carbocycles. The third kappa shape index (κ3) is 4.43. The Labute approximate surface area is 168 Å². The maximum absolute atomic E-state index is 12.3. The molecule has 1 heterocycles. The van der Waals surface area contributed by atoms with Crippen LogP contribution in [0.5, 0.6) is 17.2 Å². The minimum absolute atomic E-state index is 0.170. The van der Waals surface area contributed by atoms with Gasteiger partial charge in [-0.3, -0.25) is 10.4 Å². The van der Waals surface area contributed by atoms with E-state index in [9.17, 15) is 4.79 Å². The Bertz CT molecular complexity index is 960. The van der Waals surface area contributed by atoms with Crippen molar-refractivity contribution < 1.29 is 23.7 Å². The van der Waals surface area contributed by atoms with Crippen LogP contribution in [0.15, 0.2) is 42.5 Å². The molecule has 1 aromatic heterocycles. The zero-order chi connectivity index (χ0) is 20.8. The van der Waals surface area contributed by atoms with Crippen LogP contribution in [0.2, 0.25) is 0 Å². The lowest BCUT2D eigenvalue weighted by Crippen LogP contribution is -2.14. The van der Waals surface area contributed by atoms with Gasteiger partial charge in [-0.25, -0.2) is 4.79 Å². The highest BCUT2D eigenvalue weighted by Gasteiger charge is 2.20. The summed E-state index contributed by atoms with van der Waals surface area (Å²) >= 11 is 0. The predicted octanol–water partition coefficient (Wildman–Crippen LogP) is 4.16. The second kappa shape index (κ2) is 9.01. The van der Waals surface area contributed by atoms with Crippen LogP contribution >= 0.6 is 0 Å². The van der Waals surface area contributed by atoms with E-state index in [1.54, 1.807) is 19.1 Å². The molecule has 0 spiro atoms. The Morgan fingerprint density at radius 1 is 1.03 bits per heavy atom. The molecule has 1 amide bonds. The van der Waals surface area contributed by atoms with E-state index in [4.69, 9.17) is 18.9 Å². The average Bonchev–Trinajstić information content (AvgIpc) is 3.11. The van der Waals surface area contributed by atoms with Gasteiger partial charge in [-0.15, -0.1) is 0 Å².